The zero-order chi connectivity index (χ0) is 20.5. The Morgan fingerprint density at radius 3 is 2.66 bits per heavy atom. The maximum absolute atomic E-state index is 13.2. The number of fused-ring (bicyclic) bond motifs is 1. The Morgan fingerprint density at radius 1 is 1.24 bits per heavy atom. The van der Waals surface area contributed by atoms with Gasteiger partial charge in [-0.25, -0.2) is 9.78 Å². The summed E-state index contributed by atoms with van der Waals surface area (Å²) in [6.07, 6.45) is 1.27. The number of aryl methyl sites for hydroxylation is 1. The van der Waals surface area contributed by atoms with E-state index in [0.29, 0.717) is 33.2 Å². The van der Waals surface area contributed by atoms with Crippen LogP contribution in [0.4, 0.5) is 0 Å². The summed E-state index contributed by atoms with van der Waals surface area (Å²) in [5.41, 5.74) is 0.801. The highest BCUT2D eigenvalue weighted by atomic mass is 35.5. The molecule has 0 saturated heterocycles. The fraction of sp³-hybridized carbons (Fsp3) is 0.190. The monoisotopic (exact) mass is 428 g/mol. The van der Waals surface area contributed by atoms with Crippen LogP contribution in [0.5, 0.6) is 0 Å². The number of nitrogens with zero attached hydrogens (tertiary/aromatic N) is 2. The maximum Gasteiger partial charge on any atom is 0.371 e. The van der Waals surface area contributed by atoms with Gasteiger partial charge in [-0.1, -0.05) is 30.7 Å². The first-order valence-electron chi connectivity index (χ1n) is 9.03. The minimum Gasteiger partial charge on any atom is -0.475 e. The number of carboxylic acid groups (broad SMARTS) is 1. The van der Waals surface area contributed by atoms with E-state index in [1.807, 2.05) is 25.1 Å². The maximum atomic E-state index is 13.2. The van der Waals surface area contributed by atoms with Gasteiger partial charge in [0.15, 0.2) is 0 Å². The Bertz CT molecular complexity index is 1250. The molecule has 0 unspecified atom stereocenters. The molecule has 0 aliphatic rings. The van der Waals surface area contributed by atoms with E-state index < -0.39 is 5.97 Å². The third-order valence-electron chi connectivity index (χ3n) is 4.59. The van der Waals surface area contributed by atoms with Crippen LogP contribution >= 0.6 is 22.9 Å². The van der Waals surface area contributed by atoms with E-state index in [0.717, 1.165) is 16.9 Å². The Kier molecular flexibility index (Phi) is 5.25. The van der Waals surface area contributed by atoms with Crippen LogP contribution in [-0.2, 0) is 19.4 Å². The van der Waals surface area contributed by atoms with E-state index in [1.54, 1.807) is 22.8 Å². The van der Waals surface area contributed by atoms with Crippen molar-refractivity contribution < 1.29 is 14.3 Å². The molecule has 0 amide bonds. The Hall–Kier alpha value is -2.90. The van der Waals surface area contributed by atoms with Crippen LogP contribution in [0.15, 0.2) is 51.7 Å². The smallest absolute Gasteiger partial charge is 0.371 e. The lowest BCUT2D eigenvalue weighted by Crippen LogP contribution is -2.25. The Balaban J connectivity index is 1.81. The van der Waals surface area contributed by atoms with Gasteiger partial charge in [0.1, 0.15) is 16.4 Å². The molecule has 0 saturated carbocycles. The highest BCUT2D eigenvalue weighted by Crippen LogP contribution is 2.23. The van der Waals surface area contributed by atoms with Crippen molar-refractivity contribution in [3.63, 3.8) is 0 Å². The number of aromatic carboxylic acids is 1. The number of benzene rings is 1. The molecule has 29 heavy (non-hydrogen) atoms. The lowest BCUT2D eigenvalue weighted by atomic mass is 10.1. The summed E-state index contributed by atoms with van der Waals surface area (Å²) in [6, 6.07) is 12.2. The number of hydrogen-bond acceptors (Lipinski definition) is 5. The number of aromatic nitrogens is 2. The molecule has 0 aliphatic carbocycles. The fourth-order valence-electron chi connectivity index (χ4n) is 3.10. The van der Waals surface area contributed by atoms with Gasteiger partial charge in [0.05, 0.1) is 11.9 Å². The molecule has 0 radical (unpaired) electrons. The predicted molar refractivity (Wildman–Crippen MR) is 112 cm³/mol. The van der Waals surface area contributed by atoms with Gasteiger partial charge in [0.2, 0.25) is 5.76 Å². The van der Waals surface area contributed by atoms with E-state index in [9.17, 15) is 9.59 Å². The molecular weight excluding hydrogens is 412 g/mol. The van der Waals surface area contributed by atoms with E-state index in [4.69, 9.17) is 26.1 Å². The minimum absolute atomic E-state index is 0.106. The van der Waals surface area contributed by atoms with Gasteiger partial charge in [-0.3, -0.25) is 9.36 Å². The molecule has 0 spiro atoms. The van der Waals surface area contributed by atoms with Crippen LogP contribution in [0.2, 0.25) is 5.02 Å². The number of thiophene rings is 1. The summed E-state index contributed by atoms with van der Waals surface area (Å²) in [5, 5.41) is 10.3. The predicted octanol–water partition coefficient (Wildman–Crippen LogP) is 4.60. The van der Waals surface area contributed by atoms with E-state index in [-0.39, 0.29) is 17.9 Å². The molecular formula is C21H17ClN2O4S. The molecule has 3 heterocycles. The molecule has 8 heteroatoms. The molecule has 0 bridgehead atoms. The van der Waals surface area contributed by atoms with Crippen molar-refractivity contribution in [1.29, 1.82) is 0 Å². The van der Waals surface area contributed by atoms with E-state index >= 15 is 0 Å². The van der Waals surface area contributed by atoms with Crippen LogP contribution < -0.4 is 5.56 Å². The molecule has 4 rings (SSSR count). The summed E-state index contributed by atoms with van der Waals surface area (Å²) in [5.74, 6) is -0.342. The second-order valence-corrected chi connectivity index (χ2v) is 8.13. The molecule has 0 aliphatic heterocycles. The van der Waals surface area contributed by atoms with Gasteiger partial charge in [0.25, 0.3) is 5.56 Å². The molecule has 148 valence electrons. The molecule has 6 nitrogen and oxygen atoms in total. The molecule has 1 aromatic carbocycles. The van der Waals surface area contributed by atoms with Crippen molar-refractivity contribution in [2.24, 2.45) is 0 Å². The van der Waals surface area contributed by atoms with Crippen molar-refractivity contribution in [2.45, 2.75) is 26.3 Å². The average molecular weight is 429 g/mol. The van der Waals surface area contributed by atoms with Gasteiger partial charge in [-0.15, -0.1) is 11.3 Å². The van der Waals surface area contributed by atoms with Crippen LogP contribution in [0.1, 0.15) is 39.5 Å². The SMILES string of the molecule is CCc1cc2c(=O)n(Cc3ccc(C(=O)O)o3)c(Cc3ccc(Cl)cc3)nc2s1. The number of rotatable bonds is 6. The van der Waals surface area contributed by atoms with Crippen molar-refractivity contribution >= 4 is 39.1 Å². The zero-order valence-corrected chi connectivity index (χ0v) is 17.1. The lowest BCUT2D eigenvalue weighted by molar-refractivity contribution is 0.0660. The number of halogens is 1. The van der Waals surface area contributed by atoms with Crippen LogP contribution in [0.25, 0.3) is 10.2 Å². The zero-order valence-electron chi connectivity index (χ0n) is 15.5. The normalized spacial score (nSPS) is 11.2. The summed E-state index contributed by atoms with van der Waals surface area (Å²) >= 11 is 7.49. The second kappa shape index (κ2) is 7.85. The largest absolute Gasteiger partial charge is 0.475 e. The minimum atomic E-state index is -1.15. The van der Waals surface area contributed by atoms with Crippen LogP contribution in [0.3, 0.4) is 0 Å². The number of carboxylic acids is 1. The topological polar surface area (TPSA) is 85.3 Å². The molecule has 0 fully saturated rings. The summed E-state index contributed by atoms with van der Waals surface area (Å²) < 4.78 is 6.91. The Morgan fingerprint density at radius 2 is 2.00 bits per heavy atom. The van der Waals surface area contributed by atoms with Crippen molar-refractivity contribution in [1.82, 2.24) is 9.55 Å². The first kappa shape index (κ1) is 19.4. The van der Waals surface area contributed by atoms with Crippen molar-refractivity contribution in [3.05, 3.63) is 85.6 Å². The van der Waals surface area contributed by atoms with Gasteiger partial charge >= 0.3 is 5.97 Å². The van der Waals surface area contributed by atoms with Crippen LogP contribution in [0, 0.1) is 0 Å². The van der Waals surface area contributed by atoms with Crippen molar-refractivity contribution in [3.8, 4) is 0 Å². The summed E-state index contributed by atoms with van der Waals surface area (Å²) in [4.78, 5) is 30.9. The highest BCUT2D eigenvalue weighted by Gasteiger charge is 2.17. The number of carbonyl (C=O) groups is 1. The Labute approximate surface area is 175 Å². The third kappa shape index (κ3) is 3.97. The molecule has 1 N–H and O–H groups in total. The van der Waals surface area contributed by atoms with Gasteiger partial charge in [0, 0.05) is 16.3 Å². The van der Waals surface area contributed by atoms with Gasteiger partial charge in [-0.05, 0) is 42.3 Å². The highest BCUT2D eigenvalue weighted by molar-refractivity contribution is 7.18. The summed E-state index contributed by atoms with van der Waals surface area (Å²) in [7, 11) is 0. The molecule has 4 aromatic rings. The second-order valence-electron chi connectivity index (χ2n) is 6.58. The van der Waals surface area contributed by atoms with Crippen molar-refractivity contribution in [2.75, 3.05) is 0 Å². The van der Waals surface area contributed by atoms with E-state index in [1.165, 1.54) is 17.4 Å². The standard InChI is InChI=1S/C21H17ClN2O4S/c1-2-15-10-16-19(29-15)23-18(9-12-3-5-13(22)6-4-12)24(20(16)25)11-14-7-8-17(28-14)21(26)27/h3-8,10H,2,9,11H2,1H3,(H,26,27). The van der Waals surface area contributed by atoms with Crippen LogP contribution in [-0.4, -0.2) is 20.6 Å². The first-order valence-corrected chi connectivity index (χ1v) is 10.2. The third-order valence-corrected chi connectivity index (χ3v) is 6.02. The quantitative estimate of drug-likeness (QED) is 0.485. The molecule has 0 atom stereocenters. The van der Waals surface area contributed by atoms with Gasteiger partial charge < -0.3 is 9.52 Å². The number of furan rings is 1. The number of hydrogen-bond donors (Lipinski definition) is 1. The molecule has 3 aromatic heterocycles. The first-order chi connectivity index (χ1) is 13.9. The fourth-order valence-corrected chi connectivity index (χ4v) is 4.20. The lowest BCUT2D eigenvalue weighted by Gasteiger charge is -2.11. The van der Waals surface area contributed by atoms with Gasteiger partial charge in [-0.2, -0.15) is 0 Å². The van der Waals surface area contributed by atoms with E-state index in [2.05, 4.69) is 0 Å². The summed E-state index contributed by atoms with van der Waals surface area (Å²) in [6.45, 7) is 2.14. The average Bonchev–Trinajstić information content (AvgIpc) is 3.33.